The molecule has 1 amide bonds. The second-order valence-corrected chi connectivity index (χ2v) is 7.54. The number of aromatic amines is 1. The number of carbonyl (C=O) groups excluding carboxylic acids is 2. The second kappa shape index (κ2) is 9.47. The van der Waals surface area contributed by atoms with Crippen LogP contribution in [0.5, 0.6) is 0 Å². The molecule has 162 valence electrons. The smallest absolute Gasteiger partial charge is 0.337 e. The summed E-state index contributed by atoms with van der Waals surface area (Å²) in [6.45, 7) is 9.52. The zero-order chi connectivity index (χ0) is 22.5. The maximum atomic E-state index is 12.3. The van der Waals surface area contributed by atoms with Crippen LogP contribution in [0.3, 0.4) is 0 Å². The van der Waals surface area contributed by atoms with Gasteiger partial charge in [-0.2, -0.15) is 0 Å². The number of ether oxygens (including phenoxy) is 1. The number of imidazole rings is 1. The van der Waals surface area contributed by atoms with Crippen LogP contribution >= 0.6 is 0 Å². The SMILES string of the molecule is C=C/C(=C\C1=C(C)N(C(C)=O)[C@@H](C)C[C@H]1Nc1ccc(C(=O)OC)cc1)c1c[nH]cn1. The van der Waals surface area contributed by atoms with E-state index in [0.717, 1.165) is 34.6 Å². The van der Waals surface area contributed by atoms with Crippen LogP contribution in [-0.2, 0) is 9.53 Å². The van der Waals surface area contributed by atoms with Crippen LogP contribution in [0.25, 0.3) is 5.57 Å². The minimum atomic E-state index is -0.371. The van der Waals surface area contributed by atoms with Gasteiger partial charge in [0, 0.05) is 36.1 Å². The summed E-state index contributed by atoms with van der Waals surface area (Å²) in [5.74, 6) is -0.361. The number of carbonyl (C=O) groups is 2. The van der Waals surface area contributed by atoms with E-state index in [2.05, 4.69) is 21.9 Å². The van der Waals surface area contributed by atoms with Gasteiger partial charge >= 0.3 is 5.97 Å². The van der Waals surface area contributed by atoms with E-state index in [9.17, 15) is 9.59 Å². The first kappa shape index (κ1) is 22.1. The summed E-state index contributed by atoms with van der Waals surface area (Å²) in [6.07, 6.45) is 7.95. The summed E-state index contributed by atoms with van der Waals surface area (Å²) in [6, 6.07) is 7.17. The zero-order valence-electron chi connectivity index (χ0n) is 18.3. The van der Waals surface area contributed by atoms with Crippen LogP contribution in [0.4, 0.5) is 5.69 Å². The fraction of sp³-hybridized carbons (Fsp3) is 0.292. The number of hydrogen-bond acceptors (Lipinski definition) is 5. The topological polar surface area (TPSA) is 87.3 Å². The van der Waals surface area contributed by atoms with Crippen molar-refractivity contribution in [1.29, 1.82) is 0 Å². The molecule has 1 aliphatic heterocycles. The Labute approximate surface area is 182 Å². The monoisotopic (exact) mass is 420 g/mol. The zero-order valence-corrected chi connectivity index (χ0v) is 18.3. The number of esters is 1. The van der Waals surface area contributed by atoms with E-state index in [1.165, 1.54) is 7.11 Å². The summed E-state index contributed by atoms with van der Waals surface area (Å²) in [5, 5.41) is 3.56. The molecule has 2 atom stereocenters. The Balaban J connectivity index is 1.99. The van der Waals surface area contributed by atoms with E-state index in [-0.39, 0.29) is 24.0 Å². The third-order valence-electron chi connectivity index (χ3n) is 5.48. The molecule has 1 aliphatic rings. The third kappa shape index (κ3) is 4.77. The van der Waals surface area contributed by atoms with E-state index in [4.69, 9.17) is 4.74 Å². The number of benzene rings is 1. The van der Waals surface area contributed by atoms with E-state index in [1.54, 1.807) is 31.5 Å². The van der Waals surface area contributed by atoms with Gasteiger partial charge in [-0.15, -0.1) is 0 Å². The maximum absolute atomic E-state index is 12.3. The van der Waals surface area contributed by atoms with Crippen molar-refractivity contribution < 1.29 is 14.3 Å². The minimum Gasteiger partial charge on any atom is -0.465 e. The Morgan fingerprint density at radius 3 is 2.58 bits per heavy atom. The Morgan fingerprint density at radius 2 is 2.03 bits per heavy atom. The lowest BCUT2D eigenvalue weighted by Gasteiger charge is -2.40. The van der Waals surface area contributed by atoms with Crippen molar-refractivity contribution in [3.8, 4) is 0 Å². The number of nitrogens with one attached hydrogen (secondary N) is 2. The first-order valence-corrected chi connectivity index (χ1v) is 10.1. The number of allylic oxidation sites excluding steroid dienone is 3. The molecule has 0 fully saturated rings. The van der Waals surface area contributed by atoms with Crippen LogP contribution in [0.15, 0.2) is 66.8 Å². The fourth-order valence-corrected chi connectivity index (χ4v) is 4.03. The molecule has 0 saturated heterocycles. The van der Waals surface area contributed by atoms with Crippen LogP contribution in [0.1, 0.15) is 43.2 Å². The van der Waals surface area contributed by atoms with Crippen LogP contribution in [0.2, 0.25) is 0 Å². The van der Waals surface area contributed by atoms with Gasteiger partial charge in [0.25, 0.3) is 0 Å². The van der Waals surface area contributed by atoms with Gasteiger partial charge in [0.1, 0.15) is 0 Å². The Morgan fingerprint density at radius 1 is 1.32 bits per heavy atom. The quantitative estimate of drug-likeness (QED) is 0.541. The molecule has 2 N–H and O–H groups in total. The van der Waals surface area contributed by atoms with Crippen molar-refractivity contribution in [1.82, 2.24) is 14.9 Å². The summed E-state index contributed by atoms with van der Waals surface area (Å²) in [5.41, 5.74) is 4.89. The van der Waals surface area contributed by atoms with Crippen molar-refractivity contribution in [2.45, 2.75) is 39.3 Å². The van der Waals surface area contributed by atoms with Crippen molar-refractivity contribution in [3.05, 3.63) is 78.0 Å². The van der Waals surface area contributed by atoms with Crippen molar-refractivity contribution in [2.24, 2.45) is 0 Å². The molecule has 3 rings (SSSR count). The average molecular weight is 421 g/mol. The van der Waals surface area contributed by atoms with Gasteiger partial charge in [-0.3, -0.25) is 4.79 Å². The largest absolute Gasteiger partial charge is 0.465 e. The van der Waals surface area contributed by atoms with Gasteiger partial charge < -0.3 is 19.9 Å². The molecular formula is C24H28N4O3. The number of hydrogen-bond donors (Lipinski definition) is 2. The molecule has 0 aliphatic carbocycles. The van der Waals surface area contributed by atoms with Gasteiger partial charge in [0.2, 0.25) is 5.91 Å². The summed E-state index contributed by atoms with van der Waals surface area (Å²) < 4.78 is 4.77. The molecule has 0 bridgehead atoms. The number of aromatic nitrogens is 2. The van der Waals surface area contributed by atoms with E-state index < -0.39 is 0 Å². The molecule has 31 heavy (non-hydrogen) atoms. The average Bonchev–Trinajstić information content (AvgIpc) is 3.28. The lowest BCUT2D eigenvalue weighted by molar-refractivity contribution is -0.129. The predicted octanol–water partition coefficient (Wildman–Crippen LogP) is 4.16. The molecule has 0 spiro atoms. The Kier molecular flexibility index (Phi) is 6.74. The van der Waals surface area contributed by atoms with Gasteiger partial charge in [0.15, 0.2) is 0 Å². The highest BCUT2D eigenvalue weighted by molar-refractivity contribution is 5.89. The standard InChI is InChI=1S/C24H28N4O3/c1-6-18(23-13-25-14-26-23)12-21-16(3)28(17(4)29)15(2)11-22(21)27-20-9-7-19(8-10-20)24(30)31-5/h6-10,12-15,22,27H,1,11H2,2-5H3,(H,25,26)/b18-12+/t15-,22+/m0/s1. The van der Waals surface area contributed by atoms with Crippen molar-refractivity contribution >= 4 is 23.1 Å². The van der Waals surface area contributed by atoms with E-state index in [1.807, 2.05) is 43.2 Å². The fourth-order valence-electron chi connectivity index (χ4n) is 4.03. The molecule has 7 nitrogen and oxygen atoms in total. The highest BCUT2D eigenvalue weighted by atomic mass is 16.5. The predicted molar refractivity (Wildman–Crippen MR) is 121 cm³/mol. The number of H-pyrrole nitrogens is 1. The first-order valence-electron chi connectivity index (χ1n) is 10.1. The second-order valence-electron chi connectivity index (χ2n) is 7.54. The number of anilines is 1. The maximum Gasteiger partial charge on any atom is 0.337 e. The van der Waals surface area contributed by atoms with Crippen molar-refractivity contribution in [2.75, 3.05) is 12.4 Å². The Hall–Kier alpha value is -3.61. The number of methoxy groups -OCH3 is 1. The van der Waals surface area contributed by atoms with Crippen LogP contribution in [-0.4, -0.2) is 45.9 Å². The summed E-state index contributed by atoms with van der Waals surface area (Å²) in [7, 11) is 1.36. The highest BCUT2D eigenvalue weighted by Gasteiger charge is 2.32. The highest BCUT2D eigenvalue weighted by Crippen LogP contribution is 2.32. The number of amides is 1. The van der Waals surface area contributed by atoms with E-state index in [0.29, 0.717) is 5.56 Å². The molecular weight excluding hydrogens is 392 g/mol. The summed E-state index contributed by atoms with van der Waals surface area (Å²) >= 11 is 0. The number of nitrogens with zero attached hydrogens (tertiary/aromatic N) is 2. The van der Waals surface area contributed by atoms with Crippen LogP contribution < -0.4 is 5.32 Å². The third-order valence-corrected chi connectivity index (χ3v) is 5.48. The molecule has 0 saturated carbocycles. The molecule has 1 aromatic heterocycles. The lowest BCUT2D eigenvalue weighted by atomic mass is 9.89. The van der Waals surface area contributed by atoms with Gasteiger partial charge in [0.05, 0.1) is 30.7 Å². The van der Waals surface area contributed by atoms with E-state index >= 15 is 0 Å². The molecule has 0 radical (unpaired) electrons. The molecule has 1 aromatic carbocycles. The molecule has 2 heterocycles. The molecule has 7 heteroatoms. The lowest BCUT2D eigenvalue weighted by Crippen LogP contribution is -2.45. The summed E-state index contributed by atoms with van der Waals surface area (Å²) in [4.78, 5) is 33.1. The van der Waals surface area contributed by atoms with Gasteiger partial charge in [-0.25, -0.2) is 9.78 Å². The Bertz CT molecular complexity index is 1020. The number of rotatable bonds is 6. The molecule has 0 unspecified atom stereocenters. The van der Waals surface area contributed by atoms with Crippen LogP contribution in [0, 0.1) is 0 Å². The van der Waals surface area contributed by atoms with Gasteiger partial charge in [-0.05, 0) is 56.2 Å². The molecule has 2 aromatic rings. The van der Waals surface area contributed by atoms with Gasteiger partial charge in [-0.1, -0.05) is 12.7 Å². The first-order chi connectivity index (χ1) is 14.8. The van der Waals surface area contributed by atoms with Crippen molar-refractivity contribution in [3.63, 3.8) is 0 Å². The minimum absolute atomic E-state index is 0.0108. The normalized spacial score (nSPS) is 19.2.